The van der Waals surface area contributed by atoms with Gasteiger partial charge in [0, 0.05) is 43.4 Å². The van der Waals surface area contributed by atoms with E-state index in [4.69, 9.17) is 6.42 Å². The lowest BCUT2D eigenvalue weighted by molar-refractivity contribution is 0.0708. The summed E-state index contributed by atoms with van der Waals surface area (Å²) in [6.07, 6.45) is 10.4. The molecule has 0 atom stereocenters. The summed E-state index contributed by atoms with van der Waals surface area (Å²) in [6.45, 7) is 5.30. The summed E-state index contributed by atoms with van der Waals surface area (Å²) in [7, 11) is 1.67. The number of pyridine rings is 1. The zero-order valence-electron chi connectivity index (χ0n) is 16.9. The number of thioether (sulfide) groups is 1. The lowest BCUT2D eigenvalue weighted by Crippen LogP contribution is -2.38. The van der Waals surface area contributed by atoms with Gasteiger partial charge in [-0.1, -0.05) is 12.0 Å². The molecule has 0 aromatic carbocycles. The van der Waals surface area contributed by atoms with E-state index in [0.717, 1.165) is 22.9 Å². The Morgan fingerprint density at radius 2 is 2.23 bits per heavy atom. The normalized spacial score (nSPS) is 14.2. The molecule has 2 aromatic heterocycles. The second-order valence-electron chi connectivity index (χ2n) is 6.96. The molecule has 0 aliphatic carbocycles. The van der Waals surface area contributed by atoms with Crippen molar-refractivity contribution in [1.29, 1.82) is 0 Å². The molecule has 1 fully saturated rings. The first-order chi connectivity index (χ1) is 14.5. The van der Waals surface area contributed by atoms with Crippen LogP contribution in [0.5, 0.6) is 0 Å². The third-order valence-corrected chi connectivity index (χ3v) is 6.90. The Bertz CT molecular complexity index is 958. The molecule has 0 unspecified atom stereocenters. The minimum atomic E-state index is -0.163. The average Bonchev–Trinajstić information content (AvgIpc) is 3.27. The average molecular weight is 441 g/mol. The number of likely N-dealkylation sites (tertiary alicyclic amines) is 1. The molecule has 2 aromatic rings. The van der Waals surface area contributed by atoms with Crippen LogP contribution in [0.15, 0.2) is 41.4 Å². The third kappa shape index (κ3) is 5.10. The number of piperidine rings is 1. The number of nitrogens with zero attached hydrogens (tertiary/aromatic N) is 4. The fourth-order valence-corrected chi connectivity index (χ4v) is 4.97. The van der Waals surface area contributed by atoms with Gasteiger partial charge in [0.15, 0.2) is 0 Å². The number of amides is 2. The quantitative estimate of drug-likeness (QED) is 0.374. The second-order valence-corrected chi connectivity index (χ2v) is 8.86. The number of terminal acetylenes is 1. The monoisotopic (exact) mass is 440 g/mol. The first-order valence-corrected chi connectivity index (χ1v) is 11.5. The maximum absolute atomic E-state index is 13.0. The maximum atomic E-state index is 13.0. The molecule has 6 nitrogen and oxygen atoms in total. The molecule has 30 heavy (non-hydrogen) atoms. The van der Waals surface area contributed by atoms with Crippen molar-refractivity contribution in [2.24, 2.45) is 0 Å². The van der Waals surface area contributed by atoms with Crippen LogP contribution in [0, 0.1) is 12.3 Å². The Kier molecular flexibility index (Phi) is 7.66. The van der Waals surface area contributed by atoms with Crippen molar-refractivity contribution < 1.29 is 9.59 Å². The van der Waals surface area contributed by atoms with E-state index in [-0.39, 0.29) is 24.3 Å². The predicted molar refractivity (Wildman–Crippen MR) is 121 cm³/mol. The zero-order chi connectivity index (χ0) is 21.5. The molecule has 1 saturated heterocycles. The Balaban J connectivity index is 1.62. The maximum Gasteiger partial charge on any atom is 0.273 e. The predicted octanol–water partition coefficient (Wildman–Crippen LogP) is 3.54. The fraction of sp³-hybridized carbons (Fsp3) is 0.364. The molecule has 3 heterocycles. The first kappa shape index (κ1) is 22.1. The largest absolute Gasteiger partial charge is 0.339 e. The molecular formula is C22H24N4O2S2. The summed E-state index contributed by atoms with van der Waals surface area (Å²) in [6, 6.07) is 3.63. The fourth-order valence-electron chi connectivity index (χ4n) is 3.28. The molecular weight excluding hydrogens is 416 g/mol. The number of thiazole rings is 1. The number of hydrogen-bond donors (Lipinski definition) is 0. The van der Waals surface area contributed by atoms with Gasteiger partial charge in [0.2, 0.25) is 0 Å². The Labute approximate surface area is 185 Å². The number of hydrogen-bond acceptors (Lipinski definition) is 6. The summed E-state index contributed by atoms with van der Waals surface area (Å²) >= 11 is 3.02. The van der Waals surface area contributed by atoms with E-state index in [0.29, 0.717) is 30.1 Å². The highest BCUT2D eigenvalue weighted by atomic mass is 32.2. The first-order valence-electron chi connectivity index (χ1n) is 9.67. The van der Waals surface area contributed by atoms with Crippen molar-refractivity contribution in [3.8, 4) is 12.3 Å². The molecule has 0 radical (unpaired) electrons. The van der Waals surface area contributed by atoms with Crippen LogP contribution in [0.25, 0.3) is 0 Å². The smallest absolute Gasteiger partial charge is 0.273 e. The number of aromatic nitrogens is 2. The van der Waals surface area contributed by atoms with Gasteiger partial charge < -0.3 is 9.80 Å². The van der Waals surface area contributed by atoms with Crippen molar-refractivity contribution in [1.82, 2.24) is 19.8 Å². The molecule has 1 aliphatic rings. The third-order valence-electron chi connectivity index (χ3n) is 4.89. The van der Waals surface area contributed by atoms with Crippen LogP contribution >= 0.6 is 23.1 Å². The molecule has 3 rings (SSSR count). The van der Waals surface area contributed by atoms with E-state index in [1.807, 2.05) is 11.0 Å². The number of carbonyl (C=O) groups excluding carboxylic acids is 2. The van der Waals surface area contributed by atoms with Gasteiger partial charge in [-0.3, -0.25) is 9.59 Å². The van der Waals surface area contributed by atoms with E-state index in [2.05, 4.69) is 22.5 Å². The van der Waals surface area contributed by atoms with Crippen molar-refractivity contribution in [3.63, 3.8) is 0 Å². The van der Waals surface area contributed by atoms with Crippen LogP contribution < -0.4 is 0 Å². The highest BCUT2D eigenvalue weighted by Gasteiger charge is 2.28. The van der Waals surface area contributed by atoms with Crippen molar-refractivity contribution in [2.75, 3.05) is 32.4 Å². The van der Waals surface area contributed by atoms with E-state index in [1.54, 1.807) is 30.8 Å². The van der Waals surface area contributed by atoms with Crippen molar-refractivity contribution in [3.05, 3.63) is 52.6 Å². The molecule has 0 spiro atoms. The van der Waals surface area contributed by atoms with Gasteiger partial charge in [0.25, 0.3) is 11.8 Å². The molecule has 2 amide bonds. The van der Waals surface area contributed by atoms with Crippen molar-refractivity contribution >= 4 is 34.9 Å². The van der Waals surface area contributed by atoms with Crippen LogP contribution in [0.1, 0.15) is 44.6 Å². The van der Waals surface area contributed by atoms with Crippen LogP contribution in [-0.2, 0) is 0 Å². The van der Waals surface area contributed by atoms with Gasteiger partial charge in [-0.25, -0.2) is 9.97 Å². The van der Waals surface area contributed by atoms with Crippen LogP contribution in [0.2, 0.25) is 0 Å². The molecule has 156 valence electrons. The van der Waals surface area contributed by atoms with Crippen LogP contribution in [-0.4, -0.2) is 64.0 Å². The Hall–Kier alpha value is -2.63. The van der Waals surface area contributed by atoms with Crippen LogP contribution in [0.3, 0.4) is 0 Å². The van der Waals surface area contributed by atoms with E-state index >= 15 is 0 Å². The van der Waals surface area contributed by atoms with Crippen LogP contribution in [0.4, 0.5) is 0 Å². The minimum absolute atomic E-state index is 0.0130. The minimum Gasteiger partial charge on any atom is -0.339 e. The zero-order valence-corrected chi connectivity index (χ0v) is 18.5. The molecule has 0 N–H and O–H groups in total. The molecule has 0 saturated carbocycles. The standard InChI is InChI=1S/C22H24N4O2S2/c1-4-11-25(3)22(28)18-15-30-19(24-18)16-8-12-26(13-9-16)21(27)17-7-6-10-23-20(17)29-14-5-2/h1,5-7,10,15-16H,2,8-9,11-14H2,3H3. The lowest BCUT2D eigenvalue weighted by Gasteiger charge is -2.31. The van der Waals surface area contributed by atoms with Gasteiger partial charge in [-0.05, 0) is 25.0 Å². The Morgan fingerprint density at radius 3 is 2.93 bits per heavy atom. The number of rotatable bonds is 7. The van der Waals surface area contributed by atoms with Gasteiger partial charge in [-0.2, -0.15) is 0 Å². The summed E-state index contributed by atoms with van der Waals surface area (Å²) in [4.78, 5) is 37.6. The van der Waals surface area contributed by atoms with Crippen molar-refractivity contribution in [2.45, 2.75) is 23.8 Å². The Morgan fingerprint density at radius 1 is 1.47 bits per heavy atom. The lowest BCUT2D eigenvalue weighted by atomic mass is 9.97. The molecule has 0 bridgehead atoms. The van der Waals surface area contributed by atoms with E-state index in [1.165, 1.54) is 28.0 Å². The topological polar surface area (TPSA) is 66.4 Å². The van der Waals surface area contributed by atoms with Gasteiger partial charge in [0.05, 0.1) is 17.1 Å². The summed E-state index contributed by atoms with van der Waals surface area (Å²) in [5, 5.41) is 3.48. The number of carbonyl (C=O) groups is 2. The molecule has 1 aliphatic heterocycles. The SMILES string of the molecule is C#CCN(C)C(=O)c1csc(C2CCN(C(=O)c3cccnc3SCC=C)CC2)n1. The van der Waals surface area contributed by atoms with Gasteiger partial charge in [0.1, 0.15) is 10.7 Å². The second kappa shape index (κ2) is 10.4. The summed E-state index contributed by atoms with van der Waals surface area (Å²) < 4.78 is 0. The van der Waals surface area contributed by atoms with Gasteiger partial charge >= 0.3 is 0 Å². The summed E-state index contributed by atoms with van der Waals surface area (Å²) in [5.74, 6) is 3.28. The highest BCUT2D eigenvalue weighted by molar-refractivity contribution is 7.99. The van der Waals surface area contributed by atoms with Gasteiger partial charge in [-0.15, -0.1) is 36.1 Å². The highest BCUT2D eigenvalue weighted by Crippen LogP contribution is 2.32. The van der Waals surface area contributed by atoms with E-state index < -0.39 is 0 Å². The van der Waals surface area contributed by atoms with E-state index in [9.17, 15) is 9.59 Å². The molecule has 8 heteroatoms. The summed E-state index contributed by atoms with van der Waals surface area (Å²) in [5.41, 5.74) is 1.08.